The smallest absolute Gasteiger partial charge is 0.314 e. The lowest BCUT2D eigenvalue weighted by Crippen LogP contribution is -2.40. The SMILES string of the molecule is O=C(NCCNC(=O)c1ccco1)NCCc1cccc(F)c1. The second-order valence-corrected chi connectivity index (χ2v) is 4.80. The van der Waals surface area contributed by atoms with Gasteiger partial charge in [-0.25, -0.2) is 9.18 Å². The van der Waals surface area contributed by atoms with Crippen molar-refractivity contribution in [1.29, 1.82) is 0 Å². The predicted octanol–water partition coefficient (Wildman–Crippen LogP) is 1.69. The summed E-state index contributed by atoms with van der Waals surface area (Å²) in [5.74, 6) is -0.396. The number of rotatable bonds is 7. The maximum Gasteiger partial charge on any atom is 0.314 e. The number of amides is 3. The molecule has 122 valence electrons. The Labute approximate surface area is 133 Å². The van der Waals surface area contributed by atoms with Crippen LogP contribution in [-0.4, -0.2) is 31.6 Å². The summed E-state index contributed by atoms with van der Waals surface area (Å²) in [6, 6.07) is 9.08. The molecule has 7 heteroatoms. The third kappa shape index (κ3) is 5.82. The van der Waals surface area contributed by atoms with Crippen molar-refractivity contribution < 1.29 is 18.4 Å². The van der Waals surface area contributed by atoms with Crippen LogP contribution in [0, 0.1) is 5.82 Å². The van der Waals surface area contributed by atoms with Gasteiger partial charge in [-0.1, -0.05) is 12.1 Å². The lowest BCUT2D eigenvalue weighted by Gasteiger charge is -2.08. The molecule has 0 aliphatic heterocycles. The fourth-order valence-electron chi connectivity index (χ4n) is 1.92. The molecule has 0 fully saturated rings. The van der Waals surface area contributed by atoms with Gasteiger partial charge in [-0.2, -0.15) is 0 Å². The zero-order valence-electron chi connectivity index (χ0n) is 12.5. The highest BCUT2D eigenvalue weighted by molar-refractivity contribution is 5.91. The summed E-state index contributed by atoms with van der Waals surface area (Å²) in [5, 5.41) is 7.89. The van der Waals surface area contributed by atoms with Crippen LogP contribution in [0.2, 0.25) is 0 Å². The van der Waals surface area contributed by atoms with Crippen LogP contribution in [0.4, 0.5) is 9.18 Å². The van der Waals surface area contributed by atoms with Crippen molar-refractivity contribution >= 4 is 11.9 Å². The Balaban J connectivity index is 1.56. The van der Waals surface area contributed by atoms with E-state index in [0.29, 0.717) is 13.0 Å². The standard InChI is InChI=1S/C16H18FN3O3/c17-13-4-1-3-12(11-13)6-7-19-16(22)20-9-8-18-15(21)14-5-2-10-23-14/h1-5,10-11H,6-9H2,(H,18,21)(H2,19,20,22). The molecule has 0 aliphatic carbocycles. The quantitative estimate of drug-likeness (QED) is 0.679. The van der Waals surface area contributed by atoms with E-state index in [-0.39, 0.29) is 36.6 Å². The Hall–Kier alpha value is -2.83. The van der Waals surface area contributed by atoms with E-state index in [4.69, 9.17) is 4.42 Å². The van der Waals surface area contributed by atoms with Crippen LogP contribution in [-0.2, 0) is 6.42 Å². The van der Waals surface area contributed by atoms with Gasteiger partial charge in [-0.3, -0.25) is 4.79 Å². The molecule has 1 aromatic carbocycles. The second kappa shape index (κ2) is 8.57. The van der Waals surface area contributed by atoms with Crippen molar-refractivity contribution in [3.05, 3.63) is 59.8 Å². The van der Waals surface area contributed by atoms with Crippen LogP contribution in [0.1, 0.15) is 16.1 Å². The molecule has 0 aliphatic rings. The van der Waals surface area contributed by atoms with Gasteiger partial charge in [0.2, 0.25) is 0 Å². The summed E-state index contributed by atoms with van der Waals surface area (Å²) in [4.78, 5) is 23.1. The second-order valence-electron chi connectivity index (χ2n) is 4.80. The fourth-order valence-corrected chi connectivity index (χ4v) is 1.92. The highest BCUT2D eigenvalue weighted by Crippen LogP contribution is 2.03. The van der Waals surface area contributed by atoms with Gasteiger partial charge >= 0.3 is 6.03 Å². The number of carbonyl (C=O) groups is 2. The number of furan rings is 1. The maximum absolute atomic E-state index is 13.0. The van der Waals surface area contributed by atoms with Gasteiger partial charge in [0.05, 0.1) is 6.26 Å². The number of hydrogen-bond acceptors (Lipinski definition) is 3. The average molecular weight is 319 g/mol. The van der Waals surface area contributed by atoms with Crippen LogP contribution in [0.25, 0.3) is 0 Å². The van der Waals surface area contributed by atoms with Crippen molar-refractivity contribution in [1.82, 2.24) is 16.0 Å². The van der Waals surface area contributed by atoms with Crippen LogP contribution in [0.3, 0.4) is 0 Å². The molecule has 3 N–H and O–H groups in total. The van der Waals surface area contributed by atoms with Gasteiger partial charge < -0.3 is 20.4 Å². The van der Waals surface area contributed by atoms with Crippen molar-refractivity contribution in [2.45, 2.75) is 6.42 Å². The van der Waals surface area contributed by atoms with E-state index in [2.05, 4.69) is 16.0 Å². The number of benzene rings is 1. The normalized spacial score (nSPS) is 10.1. The molecule has 0 bridgehead atoms. The summed E-state index contributed by atoms with van der Waals surface area (Å²) < 4.78 is 17.9. The van der Waals surface area contributed by atoms with Gasteiger partial charge in [-0.15, -0.1) is 0 Å². The lowest BCUT2D eigenvalue weighted by atomic mass is 10.1. The number of hydrogen-bond donors (Lipinski definition) is 3. The van der Waals surface area contributed by atoms with Crippen molar-refractivity contribution in [3.63, 3.8) is 0 Å². The molecule has 1 heterocycles. The molecule has 2 rings (SSSR count). The van der Waals surface area contributed by atoms with Crippen LogP contribution >= 0.6 is 0 Å². The maximum atomic E-state index is 13.0. The van der Waals surface area contributed by atoms with Crippen LogP contribution < -0.4 is 16.0 Å². The summed E-state index contributed by atoms with van der Waals surface area (Å²) in [6.45, 7) is 0.975. The Morgan fingerprint density at radius 1 is 1.00 bits per heavy atom. The Bertz CT molecular complexity index is 644. The molecule has 0 atom stereocenters. The predicted molar refractivity (Wildman–Crippen MR) is 82.5 cm³/mol. The molecule has 6 nitrogen and oxygen atoms in total. The van der Waals surface area contributed by atoms with E-state index < -0.39 is 0 Å². The van der Waals surface area contributed by atoms with Crippen LogP contribution in [0.15, 0.2) is 47.1 Å². The van der Waals surface area contributed by atoms with Crippen LogP contribution in [0.5, 0.6) is 0 Å². The van der Waals surface area contributed by atoms with Crippen molar-refractivity contribution in [3.8, 4) is 0 Å². The molecular weight excluding hydrogens is 301 g/mol. The highest BCUT2D eigenvalue weighted by atomic mass is 19.1. The monoisotopic (exact) mass is 319 g/mol. The van der Waals surface area contributed by atoms with Crippen molar-refractivity contribution in [2.75, 3.05) is 19.6 Å². The summed E-state index contributed by atoms with van der Waals surface area (Å²) in [6.07, 6.45) is 1.96. The zero-order valence-corrected chi connectivity index (χ0v) is 12.5. The van der Waals surface area contributed by atoms with E-state index in [1.807, 2.05) is 0 Å². The third-order valence-corrected chi connectivity index (χ3v) is 3.03. The molecule has 0 radical (unpaired) electrons. The van der Waals surface area contributed by atoms with E-state index in [1.54, 1.807) is 24.3 Å². The fraction of sp³-hybridized carbons (Fsp3) is 0.250. The highest BCUT2D eigenvalue weighted by Gasteiger charge is 2.07. The van der Waals surface area contributed by atoms with E-state index in [1.165, 1.54) is 18.4 Å². The summed E-state index contributed by atoms with van der Waals surface area (Å²) >= 11 is 0. The first-order chi connectivity index (χ1) is 11.1. The number of urea groups is 1. The van der Waals surface area contributed by atoms with Gasteiger partial charge in [0.15, 0.2) is 5.76 Å². The van der Waals surface area contributed by atoms with E-state index in [9.17, 15) is 14.0 Å². The molecular formula is C16H18FN3O3. The minimum atomic E-state index is -0.339. The minimum Gasteiger partial charge on any atom is -0.459 e. The number of halogens is 1. The lowest BCUT2D eigenvalue weighted by molar-refractivity contribution is 0.0926. The van der Waals surface area contributed by atoms with Gasteiger partial charge in [0.1, 0.15) is 5.82 Å². The molecule has 3 amide bonds. The van der Waals surface area contributed by atoms with Gasteiger partial charge in [0, 0.05) is 19.6 Å². The molecule has 2 aromatic rings. The average Bonchev–Trinajstić information content (AvgIpc) is 3.06. The largest absolute Gasteiger partial charge is 0.459 e. The molecule has 0 saturated heterocycles. The third-order valence-electron chi connectivity index (χ3n) is 3.03. The molecule has 1 aromatic heterocycles. The molecule has 23 heavy (non-hydrogen) atoms. The minimum absolute atomic E-state index is 0.226. The first kappa shape index (κ1) is 16.5. The zero-order chi connectivity index (χ0) is 16.5. The van der Waals surface area contributed by atoms with E-state index in [0.717, 1.165) is 5.56 Å². The summed E-state index contributed by atoms with van der Waals surface area (Å²) in [5.41, 5.74) is 0.816. The number of nitrogens with one attached hydrogen (secondary N) is 3. The van der Waals surface area contributed by atoms with E-state index >= 15 is 0 Å². The van der Waals surface area contributed by atoms with Gasteiger partial charge in [0.25, 0.3) is 5.91 Å². The number of carbonyl (C=O) groups excluding carboxylic acids is 2. The van der Waals surface area contributed by atoms with Gasteiger partial charge in [-0.05, 0) is 36.2 Å². The first-order valence-electron chi connectivity index (χ1n) is 7.23. The Kier molecular flexibility index (Phi) is 6.17. The molecule has 0 saturated carbocycles. The Morgan fingerprint density at radius 3 is 2.52 bits per heavy atom. The summed E-state index contributed by atoms with van der Waals surface area (Å²) in [7, 11) is 0. The molecule has 0 unspecified atom stereocenters. The van der Waals surface area contributed by atoms with Crippen molar-refractivity contribution in [2.24, 2.45) is 0 Å². The molecule has 0 spiro atoms. The first-order valence-corrected chi connectivity index (χ1v) is 7.23. The Morgan fingerprint density at radius 2 is 1.78 bits per heavy atom. The topological polar surface area (TPSA) is 83.4 Å².